The normalized spacial score (nSPS) is 18.6. The molecule has 3 heterocycles. The lowest BCUT2D eigenvalue weighted by Crippen LogP contribution is -2.38. The number of methoxy groups -OCH3 is 1. The zero-order chi connectivity index (χ0) is 21.5. The topological polar surface area (TPSA) is 80.6 Å². The summed E-state index contributed by atoms with van der Waals surface area (Å²) in [5, 5.41) is 5.28. The van der Waals surface area contributed by atoms with E-state index in [4.69, 9.17) is 9.72 Å². The lowest BCUT2D eigenvalue weighted by molar-refractivity contribution is -0.119. The molecule has 1 aliphatic carbocycles. The molecule has 0 radical (unpaired) electrons. The highest BCUT2D eigenvalue weighted by molar-refractivity contribution is 7.22. The van der Waals surface area contributed by atoms with E-state index in [1.165, 1.54) is 11.3 Å². The van der Waals surface area contributed by atoms with Crippen molar-refractivity contribution in [1.29, 1.82) is 0 Å². The van der Waals surface area contributed by atoms with Gasteiger partial charge in [0.15, 0.2) is 16.5 Å². The van der Waals surface area contributed by atoms with Crippen LogP contribution in [0.3, 0.4) is 0 Å². The minimum absolute atomic E-state index is 0.0564. The number of carbonyl (C=O) groups excluding carboxylic acids is 2. The van der Waals surface area contributed by atoms with Crippen molar-refractivity contribution in [3.05, 3.63) is 36.0 Å². The number of fused-ring (bicyclic) bond motifs is 1. The van der Waals surface area contributed by atoms with Crippen molar-refractivity contribution in [3.8, 4) is 5.69 Å². The lowest BCUT2D eigenvalue weighted by atomic mass is 10.2. The van der Waals surface area contributed by atoms with E-state index in [0.717, 1.165) is 31.4 Å². The standard InChI is InChI=1S/C22H25N5O3S/c1-25(20(28)14-10-11-14)22-23-19-18(31-22)17(24-27(19)15-7-4-3-5-8-15)21(29)26-12-6-9-16(26)13-30-2/h3-5,7-8,14,16H,6,9-13H2,1-2H3/t16-/m0/s1. The second-order valence-electron chi connectivity index (χ2n) is 8.17. The number of likely N-dealkylation sites (tertiary alicyclic amines) is 1. The maximum Gasteiger partial charge on any atom is 0.276 e. The molecule has 1 aliphatic heterocycles. The van der Waals surface area contributed by atoms with Crippen LogP contribution in [0.4, 0.5) is 5.13 Å². The summed E-state index contributed by atoms with van der Waals surface area (Å²) in [5.74, 6) is 0.0805. The number of hydrogen-bond acceptors (Lipinski definition) is 6. The van der Waals surface area contributed by atoms with Gasteiger partial charge in [0.05, 0.1) is 18.3 Å². The van der Waals surface area contributed by atoms with E-state index in [1.807, 2.05) is 35.2 Å². The summed E-state index contributed by atoms with van der Waals surface area (Å²) in [6.45, 7) is 1.21. The summed E-state index contributed by atoms with van der Waals surface area (Å²) >= 11 is 1.35. The molecule has 2 fully saturated rings. The summed E-state index contributed by atoms with van der Waals surface area (Å²) in [6.07, 6.45) is 3.75. The molecule has 8 nitrogen and oxygen atoms in total. The van der Waals surface area contributed by atoms with Gasteiger partial charge >= 0.3 is 0 Å². The Morgan fingerprint density at radius 2 is 2.00 bits per heavy atom. The Labute approximate surface area is 184 Å². The Morgan fingerprint density at radius 3 is 2.71 bits per heavy atom. The first kappa shape index (κ1) is 20.1. The summed E-state index contributed by atoms with van der Waals surface area (Å²) in [7, 11) is 3.42. The summed E-state index contributed by atoms with van der Waals surface area (Å²) in [4.78, 5) is 34.3. The number of anilines is 1. The molecule has 1 saturated heterocycles. The van der Waals surface area contributed by atoms with Gasteiger partial charge in [-0.2, -0.15) is 10.1 Å². The molecule has 2 aliphatic rings. The maximum absolute atomic E-state index is 13.5. The molecule has 9 heteroatoms. The number of hydrogen-bond donors (Lipinski definition) is 0. The van der Waals surface area contributed by atoms with E-state index >= 15 is 0 Å². The molecular weight excluding hydrogens is 414 g/mol. The van der Waals surface area contributed by atoms with Crippen LogP contribution in [-0.4, -0.2) is 64.8 Å². The van der Waals surface area contributed by atoms with Gasteiger partial charge in [0.1, 0.15) is 4.70 Å². The first-order chi connectivity index (χ1) is 15.1. The SMILES string of the molecule is COC[C@@H]1CCCN1C(=O)c1nn(-c2ccccc2)c2nc(N(C)C(=O)C3CC3)sc12. The van der Waals surface area contributed by atoms with Gasteiger partial charge in [0, 0.05) is 26.6 Å². The fourth-order valence-corrected chi connectivity index (χ4v) is 5.12. The van der Waals surface area contributed by atoms with Crippen molar-refractivity contribution in [2.45, 2.75) is 31.7 Å². The average molecular weight is 440 g/mol. The van der Waals surface area contributed by atoms with Crippen LogP contribution < -0.4 is 4.90 Å². The van der Waals surface area contributed by atoms with Gasteiger partial charge in [-0.25, -0.2) is 4.68 Å². The predicted molar refractivity (Wildman–Crippen MR) is 119 cm³/mol. The summed E-state index contributed by atoms with van der Waals surface area (Å²) in [6, 6.07) is 9.71. The molecule has 3 aromatic rings. The van der Waals surface area contributed by atoms with E-state index in [0.29, 0.717) is 34.3 Å². The molecule has 0 N–H and O–H groups in total. The lowest BCUT2D eigenvalue weighted by Gasteiger charge is -2.23. The van der Waals surface area contributed by atoms with Crippen LogP contribution in [0.5, 0.6) is 0 Å². The van der Waals surface area contributed by atoms with Crippen LogP contribution in [0.15, 0.2) is 30.3 Å². The van der Waals surface area contributed by atoms with Crippen molar-refractivity contribution < 1.29 is 14.3 Å². The molecular formula is C22H25N5O3S. The van der Waals surface area contributed by atoms with E-state index < -0.39 is 0 Å². The average Bonchev–Trinajstić information content (AvgIpc) is 3.22. The van der Waals surface area contributed by atoms with Gasteiger partial charge in [-0.3, -0.25) is 14.5 Å². The van der Waals surface area contributed by atoms with E-state index in [9.17, 15) is 9.59 Å². The van der Waals surface area contributed by atoms with Crippen molar-refractivity contribution in [2.24, 2.45) is 5.92 Å². The first-order valence-corrected chi connectivity index (χ1v) is 11.4. The third kappa shape index (κ3) is 3.61. The number of aromatic nitrogens is 3. The fraction of sp³-hybridized carbons (Fsp3) is 0.455. The van der Waals surface area contributed by atoms with Crippen molar-refractivity contribution in [2.75, 3.05) is 32.2 Å². The Kier molecular flexibility index (Phi) is 5.23. The summed E-state index contributed by atoms with van der Waals surface area (Å²) < 4.78 is 7.74. The molecule has 1 saturated carbocycles. The van der Waals surface area contributed by atoms with Gasteiger partial charge in [-0.05, 0) is 37.8 Å². The predicted octanol–water partition coefficient (Wildman–Crippen LogP) is 3.11. The third-order valence-electron chi connectivity index (χ3n) is 5.96. The zero-order valence-electron chi connectivity index (χ0n) is 17.7. The quantitative estimate of drug-likeness (QED) is 0.590. The van der Waals surface area contributed by atoms with Gasteiger partial charge in [0.2, 0.25) is 5.91 Å². The molecule has 162 valence electrons. The Hall–Kier alpha value is -2.78. The van der Waals surface area contributed by atoms with Gasteiger partial charge < -0.3 is 9.64 Å². The van der Waals surface area contributed by atoms with E-state index in [1.54, 1.807) is 23.7 Å². The van der Waals surface area contributed by atoms with Crippen LogP contribution in [0, 0.1) is 5.92 Å². The molecule has 2 aromatic heterocycles. The van der Waals surface area contributed by atoms with Gasteiger partial charge in [0.25, 0.3) is 5.91 Å². The molecule has 0 unspecified atom stereocenters. The molecule has 1 atom stereocenters. The maximum atomic E-state index is 13.5. The van der Waals surface area contributed by atoms with Crippen LogP contribution >= 0.6 is 11.3 Å². The van der Waals surface area contributed by atoms with Crippen LogP contribution in [0.25, 0.3) is 16.0 Å². The van der Waals surface area contributed by atoms with E-state index in [2.05, 4.69) is 5.10 Å². The second-order valence-corrected chi connectivity index (χ2v) is 9.14. The zero-order valence-corrected chi connectivity index (χ0v) is 18.5. The highest BCUT2D eigenvalue weighted by Gasteiger charge is 2.36. The highest BCUT2D eigenvalue weighted by atomic mass is 32.1. The number of nitrogens with zero attached hydrogens (tertiary/aromatic N) is 5. The molecule has 31 heavy (non-hydrogen) atoms. The highest BCUT2D eigenvalue weighted by Crippen LogP contribution is 2.37. The molecule has 0 spiro atoms. The number of carbonyl (C=O) groups is 2. The molecule has 5 rings (SSSR count). The smallest absolute Gasteiger partial charge is 0.276 e. The Balaban J connectivity index is 1.58. The third-order valence-corrected chi connectivity index (χ3v) is 7.09. The van der Waals surface area contributed by atoms with Gasteiger partial charge in [-0.1, -0.05) is 29.5 Å². The van der Waals surface area contributed by atoms with E-state index in [-0.39, 0.29) is 23.8 Å². The van der Waals surface area contributed by atoms with Gasteiger partial charge in [-0.15, -0.1) is 0 Å². The summed E-state index contributed by atoms with van der Waals surface area (Å²) in [5.41, 5.74) is 1.82. The minimum atomic E-state index is -0.106. The number of ether oxygens (including phenoxy) is 1. The fourth-order valence-electron chi connectivity index (χ4n) is 4.13. The minimum Gasteiger partial charge on any atom is -0.383 e. The monoisotopic (exact) mass is 439 g/mol. The number of rotatable bonds is 6. The van der Waals surface area contributed by atoms with Crippen molar-refractivity contribution in [1.82, 2.24) is 19.7 Å². The Morgan fingerprint density at radius 1 is 1.23 bits per heavy atom. The molecule has 1 aromatic carbocycles. The van der Waals surface area contributed by atoms with Crippen molar-refractivity contribution >= 4 is 38.6 Å². The Bertz CT molecular complexity index is 1120. The van der Waals surface area contributed by atoms with Crippen LogP contribution in [0.1, 0.15) is 36.2 Å². The largest absolute Gasteiger partial charge is 0.383 e. The number of para-hydroxylation sites is 1. The molecule has 0 bridgehead atoms. The number of benzene rings is 1. The molecule has 2 amide bonds. The number of thiazole rings is 1. The second kappa shape index (κ2) is 8.05. The number of amides is 2. The van der Waals surface area contributed by atoms with Crippen LogP contribution in [-0.2, 0) is 9.53 Å². The van der Waals surface area contributed by atoms with Crippen molar-refractivity contribution in [3.63, 3.8) is 0 Å². The van der Waals surface area contributed by atoms with Crippen LogP contribution in [0.2, 0.25) is 0 Å². The first-order valence-electron chi connectivity index (χ1n) is 10.6.